The topological polar surface area (TPSA) is 64.0 Å². The average molecular weight is 323 g/mol. The van der Waals surface area contributed by atoms with Crippen LogP contribution in [0.1, 0.15) is 42.4 Å². The first kappa shape index (κ1) is 15.2. The summed E-state index contributed by atoms with van der Waals surface area (Å²) in [4.78, 5) is 4.39. The quantitative estimate of drug-likeness (QED) is 0.944. The normalized spacial score (nSPS) is 21.1. The third kappa shape index (κ3) is 2.44. The molecule has 118 valence electrons. The van der Waals surface area contributed by atoms with E-state index in [1.54, 1.807) is 20.0 Å². The summed E-state index contributed by atoms with van der Waals surface area (Å²) < 4.78 is 43.5. The van der Waals surface area contributed by atoms with Gasteiger partial charge < -0.3 is 4.57 Å². The molecule has 5 nitrogen and oxygen atoms in total. The molecule has 3 rings (SSSR count). The van der Waals surface area contributed by atoms with Gasteiger partial charge in [-0.05, 0) is 50.5 Å². The lowest BCUT2D eigenvalue weighted by Gasteiger charge is -2.16. The molecule has 1 aromatic carbocycles. The van der Waals surface area contributed by atoms with E-state index in [-0.39, 0.29) is 17.0 Å². The molecule has 0 saturated carbocycles. The maximum Gasteiger partial charge on any atom is 0.241 e. The van der Waals surface area contributed by atoms with E-state index >= 15 is 0 Å². The highest BCUT2D eigenvalue weighted by Crippen LogP contribution is 2.34. The highest BCUT2D eigenvalue weighted by Gasteiger charge is 2.33. The largest absolute Gasteiger partial charge is 0.331 e. The zero-order valence-corrected chi connectivity index (χ0v) is 13.5. The fourth-order valence-electron chi connectivity index (χ4n) is 3.20. The van der Waals surface area contributed by atoms with Gasteiger partial charge in [0.25, 0.3) is 0 Å². The Bertz CT molecular complexity index is 806. The van der Waals surface area contributed by atoms with Crippen molar-refractivity contribution in [3.05, 3.63) is 47.3 Å². The third-order valence-electron chi connectivity index (χ3n) is 4.05. The number of nitrogens with one attached hydrogen (secondary N) is 1. The van der Waals surface area contributed by atoms with Gasteiger partial charge in [-0.1, -0.05) is 0 Å². The fourth-order valence-corrected chi connectivity index (χ4v) is 4.86. The Balaban J connectivity index is 1.97. The van der Waals surface area contributed by atoms with Gasteiger partial charge in [-0.25, -0.2) is 22.5 Å². The van der Waals surface area contributed by atoms with Crippen LogP contribution in [0.2, 0.25) is 0 Å². The van der Waals surface area contributed by atoms with Crippen LogP contribution >= 0.6 is 0 Å². The van der Waals surface area contributed by atoms with Gasteiger partial charge in [0.2, 0.25) is 10.0 Å². The van der Waals surface area contributed by atoms with E-state index in [4.69, 9.17) is 0 Å². The molecule has 7 heteroatoms. The lowest BCUT2D eigenvalue weighted by Crippen LogP contribution is -2.29. The number of imidazole rings is 1. The van der Waals surface area contributed by atoms with Crippen molar-refractivity contribution in [2.45, 2.75) is 44.2 Å². The Hall–Kier alpha value is -1.73. The summed E-state index contributed by atoms with van der Waals surface area (Å²) in [5.41, 5.74) is 0.804. The van der Waals surface area contributed by atoms with E-state index in [0.717, 1.165) is 0 Å². The molecule has 1 aliphatic rings. The average Bonchev–Trinajstić information content (AvgIpc) is 2.93. The van der Waals surface area contributed by atoms with Gasteiger partial charge in [0.15, 0.2) is 0 Å². The lowest BCUT2D eigenvalue weighted by atomic mass is 10.1. The minimum Gasteiger partial charge on any atom is -0.331 e. The maximum atomic E-state index is 13.4. The van der Waals surface area contributed by atoms with Crippen molar-refractivity contribution >= 4 is 10.0 Å². The molecule has 2 heterocycles. The molecule has 1 N–H and O–H groups in total. The minimum absolute atomic E-state index is 0.145. The van der Waals surface area contributed by atoms with Crippen molar-refractivity contribution in [3.8, 4) is 0 Å². The van der Waals surface area contributed by atoms with Crippen LogP contribution in [0.25, 0.3) is 0 Å². The molecule has 0 saturated heterocycles. The standard InChI is InChI=1S/C15H18FN3O2S/c1-9-6-12(16)7-10(2)14(9)22(20,21)18-13-8-11(3)19-5-4-17-15(13)19/h4-7,11,13,18H,8H2,1-3H3. The van der Waals surface area contributed by atoms with E-state index in [1.807, 2.05) is 17.7 Å². The molecule has 0 bridgehead atoms. The number of hydrogen-bond acceptors (Lipinski definition) is 3. The predicted octanol–water partition coefficient (Wildman–Crippen LogP) is 2.62. The summed E-state index contributed by atoms with van der Waals surface area (Å²) in [6.45, 7) is 5.22. The first-order valence-electron chi connectivity index (χ1n) is 7.11. The fraction of sp³-hybridized carbons (Fsp3) is 0.400. The number of sulfonamides is 1. The van der Waals surface area contributed by atoms with Crippen molar-refractivity contribution < 1.29 is 12.8 Å². The van der Waals surface area contributed by atoms with Gasteiger partial charge >= 0.3 is 0 Å². The number of rotatable bonds is 3. The number of aryl methyl sites for hydroxylation is 2. The van der Waals surface area contributed by atoms with Crippen molar-refractivity contribution in [3.63, 3.8) is 0 Å². The molecule has 0 fully saturated rings. The summed E-state index contributed by atoms with van der Waals surface area (Å²) in [5, 5.41) is 0. The van der Waals surface area contributed by atoms with Crippen molar-refractivity contribution in [2.75, 3.05) is 0 Å². The van der Waals surface area contributed by atoms with E-state index < -0.39 is 15.8 Å². The molecule has 0 spiro atoms. The highest BCUT2D eigenvalue weighted by atomic mass is 32.2. The van der Waals surface area contributed by atoms with E-state index in [9.17, 15) is 12.8 Å². The summed E-state index contributed by atoms with van der Waals surface area (Å²) in [6.07, 6.45) is 4.17. The number of nitrogens with zero attached hydrogens (tertiary/aromatic N) is 2. The van der Waals surface area contributed by atoms with Gasteiger partial charge in [-0.3, -0.25) is 0 Å². The van der Waals surface area contributed by atoms with Gasteiger partial charge in [-0.15, -0.1) is 0 Å². The Kier molecular flexibility index (Phi) is 3.57. The van der Waals surface area contributed by atoms with Gasteiger partial charge in [0.1, 0.15) is 11.6 Å². The number of fused-ring (bicyclic) bond motifs is 1. The van der Waals surface area contributed by atoms with Crippen LogP contribution in [-0.4, -0.2) is 18.0 Å². The second-order valence-corrected chi connectivity index (χ2v) is 7.47. The molecule has 22 heavy (non-hydrogen) atoms. The summed E-state index contributed by atoms with van der Waals surface area (Å²) in [6, 6.07) is 2.30. The zero-order valence-electron chi connectivity index (χ0n) is 12.7. The summed E-state index contributed by atoms with van der Waals surface area (Å²) in [7, 11) is -3.74. The van der Waals surface area contributed by atoms with E-state index in [0.29, 0.717) is 23.4 Å². The van der Waals surface area contributed by atoms with Crippen LogP contribution in [0.3, 0.4) is 0 Å². The first-order valence-corrected chi connectivity index (χ1v) is 8.59. The van der Waals surface area contributed by atoms with Gasteiger partial charge in [0.05, 0.1) is 10.9 Å². The minimum atomic E-state index is -3.74. The summed E-state index contributed by atoms with van der Waals surface area (Å²) in [5.74, 6) is 0.285. The third-order valence-corrected chi connectivity index (χ3v) is 5.83. The van der Waals surface area contributed by atoms with Crippen molar-refractivity contribution in [2.24, 2.45) is 0 Å². The first-order chi connectivity index (χ1) is 10.3. The summed E-state index contributed by atoms with van der Waals surface area (Å²) >= 11 is 0. The molecule has 0 radical (unpaired) electrons. The van der Waals surface area contributed by atoms with Crippen LogP contribution in [-0.2, 0) is 10.0 Å². The van der Waals surface area contributed by atoms with Crippen LogP contribution in [0.5, 0.6) is 0 Å². The van der Waals surface area contributed by atoms with Crippen LogP contribution < -0.4 is 4.72 Å². The van der Waals surface area contributed by atoms with Gasteiger partial charge in [0, 0.05) is 18.4 Å². The molecule has 0 amide bonds. The molecular formula is C15H18FN3O2S. The van der Waals surface area contributed by atoms with E-state index in [2.05, 4.69) is 9.71 Å². The number of halogens is 1. The number of hydrogen-bond donors (Lipinski definition) is 1. The predicted molar refractivity (Wildman–Crippen MR) is 80.5 cm³/mol. The van der Waals surface area contributed by atoms with E-state index in [1.165, 1.54) is 12.1 Å². The second-order valence-electron chi connectivity index (χ2n) is 5.82. The monoisotopic (exact) mass is 323 g/mol. The van der Waals surface area contributed by atoms with Crippen LogP contribution in [0.4, 0.5) is 4.39 Å². The number of aromatic nitrogens is 2. The van der Waals surface area contributed by atoms with Crippen LogP contribution in [0, 0.1) is 19.7 Å². The Morgan fingerprint density at radius 3 is 2.59 bits per heavy atom. The van der Waals surface area contributed by atoms with Crippen molar-refractivity contribution in [1.82, 2.24) is 14.3 Å². The number of benzene rings is 1. The molecule has 1 aliphatic heterocycles. The molecule has 2 atom stereocenters. The SMILES string of the molecule is Cc1cc(F)cc(C)c1S(=O)(=O)NC1CC(C)n2ccnc21. The molecular weight excluding hydrogens is 305 g/mol. The second kappa shape index (κ2) is 5.17. The molecule has 0 aliphatic carbocycles. The maximum absolute atomic E-state index is 13.4. The Morgan fingerprint density at radius 1 is 1.32 bits per heavy atom. The smallest absolute Gasteiger partial charge is 0.241 e. The molecule has 2 unspecified atom stereocenters. The zero-order chi connectivity index (χ0) is 16.1. The van der Waals surface area contributed by atoms with Crippen molar-refractivity contribution in [1.29, 1.82) is 0 Å². The molecule has 2 aromatic rings. The van der Waals surface area contributed by atoms with Gasteiger partial charge in [-0.2, -0.15) is 0 Å². The lowest BCUT2D eigenvalue weighted by molar-refractivity contribution is 0.518. The Labute approximate surface area is 129 Å². The van der Waals surface area contributed by atoms with Crippen LogP contribution in [0.15, 0.2) is 29.4 Å². The highest BCUT2D eigenvalue weighted by molar-refractivity contribution is 7.89. The Morgan fingerprint density at radius 2 is 1.95 bits per heavy atom. The molecule has 1 aromatic heterocycles.